The number of ether oxygens (including phenoxy) is 1. The number of rotatable bonds is 1. The Balaban J connectivity index is 1.76. The molecule has 2 nitrogen and oxygen atoms in total. The summed E-state index contributed by atoms with van der Waals surface area (Å²) in [6.07, 6.45) is 4.68. The van der Waals surface area contributed by atoms with Crippen LogP contribution in [0.2, 0.25) is 0 Å². The van der Waals surface area contributed by atoms with Crippen molar-refractivity contribution < 1.29 is 4.74 Å². The molecule has 2 aromatic rings. The lowest BCUT2D eigenvalue weighted by molar-refractivity contribution is 0.332. The number of hydrogen-bond acceptors (Lipinski definition) is 2. The minimum Gasteiger partial charge on any atom is -0.488 e. The summed E-state index contributed by atoms with van der Waals surface area (Å²) in [6.45, 7) is 9.99. The molecule has 1 aliphatic carbocycles. The first-order valence-electron chi connectivity index (χ1n) is 9.33. The Labute approximate surface area is 156 Å². The van der Waals surface area contributed by atoms with E-state index < -0.39 is 0 Å². The zero-order chi connectivity index (χ0) is 18.5. The molecule has 1 heterocycles. The predicted molar refractivity (Wildman–Crippen MR) is 106 cm³/mol. The van der Waals surface area contributed by atoms with E-state index in [4.69, 9.17) is 10.00 Å². The van der Waals surface area contributed by atoms with Crippen molar-refractivity contribution in [3.63, 3.8) is 0 Å². The van der Waals surface area contributed by atoms with E-state index in [0.29, 0.717) is 12.2 Å². The Morgan fingerprint density at radius 3 is 2.42 bits per heavy atom. The first kappa shape index (κ1) is 16.9. The molecule has 1 aliphatic heterocycles. The van der Waals surface area contributed by atoms with Crippen molar-refractivity contribution in [3.8, 4) is 11.8 Å². The highest BCUT2D eigenvalue weighted by Crippen LogP contribution is 2.46. The lowest BCUT2D eigenvalue weighted by Crippen LogP contribution is -2.33. The van der Waals surface area contributed by atoms with Crippen LogP contribution in [0.5, 0.6) is 5.75 Å². The van der Waals surface area contributed by atoms with Crippen molar-refractivity contribution in [2.75, 3.05) is 6.61 Å². The molecule has 4 rings (SSSR count). The maximum Gasteiger partial charge on any atom is 0.128 e. The molecule has 0 N–H and O–H groups in total. The Bertz CT molecular complexity index is 957. The molecule has 0 amide bonds. The number of hydrogen-bond donors (Lipinski definition) is 0. The van der Waals surface area contributed by atoms with Crippen molar-refractivity contribution in [2.45, 2.75) is 51.4 Å². The summed E-state index contributed by atoms with van der Waals surface area (Å²) in [6, 6.07) is 14.8. The van der Waals surface area contributed by atoms with Gasteiger partial charge in [-0.05, 0) is 64.6 Å². The third-order valence-electron chi connectivity index (χ3n) is 6.06. The first-order valence-corrected chi connectivity index (χ1v) is 9.33. The highest BCUT2D eigenvalue weighted by Gasteiger charge is 2.36. The normalized spacial score (nSPS) is 20.8. The summed E-state index contributed by atoms with van der Waals surface area (Å²) < 4.78 is 5.79. The summed E-state index contributed by atoms with van der Waals surface area (Å²) in [5.74, 6) is 0.815. The largest absolute Gasteiger partial charge is 0.488 e. The molecule has 0 aromatic heterocycles. The smallest absolute Gasteiger partial charge is 0.128 e. The van der Waals surface area contributed by atoms with Crippen LogP contribution in [-0.4, -0.2) is 6.61 Å². The molecule has 0 spiro atoms. The minimum atomic E-state index is 0.213. The minimum absolute atomic E-state index is 0.213. The molecule has 0 saturated heterocycles. The fourth-order valence-electron chi connectivity index (χ4n) is 4.23. The van der Waals surface area contributed by atoms with E-state index in [9.17, 15) is 0 Å². The van der Waals surface area contributed by atoms with E-state index in [2.05, 4.69) is 58.0 Å². The van der Waals surface area contributed by atoms with Gasteiger partial charge in [0.1, 0.15) is 12.4 Å². The zero-order valence-electron chi connectivity index (χ0n) is 16.0. The van der Waals surface area contributed by atoms with Gasteiger partial charge >= 0.3 is 0 Å². The van der Waals surface area contributed by atoms with Gasteiger partial charge in [0.25, 0.3) is 0 Å². The van der Waals surface area contributed by atoms with E-state index in [1.165, 1.54) is 35.1 Å². The fourth-order valence-corrected chi connectivity index (χ4v) is 4.23. The standard InChI is InChI=1S/C24H25NO/c1-23(2)9-10-24(3,4)21-12-16(6-8-20(21)23)11-18-15-26-22-13-17(14-25)5-7-19(18)22/h5-8,11-13H,9-10,15H2,1-4H3. The average molecular weight is 343 g/mol. The Hall–Kier alpha value is -2.53. The van der Waals surface area contributed by atoms with E-state index in [0.717, 1.165) is 11.3 Å². The van der Waals surface area contributed by atoms with Crippen molar-refractivity contribution in [1.29, 1.82) is 5.26 Å². The fraction of sp³-hybridized carbons (Fsp3) is 0.375. The number of nitrogens with zero attached hydrogens (tertiary/aromatic N) is 1. The number of fused-ring (bicyclic) bond motifs is 2. The highest BCUT2D eigenvalue weighted by molar-refractivity contribution is 5.87. The lowest BCUT2D eigenvalue weighted by atomic mass is 9.63. The van der Waals surface area contributed by atoms with Gasteiger partial charge in [-0.15, -0.1) is 0 Å². The second-order valence-corrected chi connectivity index (χ2v) is 8.85. The van der Waals surface area contributed by atoms with Gasteiger partial charge in [0.15, 0.2) is 0 Å². The average Bonchev–Trinajstić information content (AvgIpc) is 3.01. The maximum atomic E-state index is 9.05. The van der Waals surface area contributed by atoms with E-state index >= 15 is 0 Å². The Kier molecular flexibility index (Phi) is 3.74. The molecule has 2 aliphatic rings. The van der Waals surface area contributed by atoms with Gasteiger partial charge in [-0.2, -0.15) is 5.26 Å². The lowest BCUT2D eigenvalue weighted by Gasteiger charge is -2.42. The molecule has 0 bridgehead atoms. The molecule has 0 fully saturated rings. The Morgan fingerprint density at radius 2 is 1.69 bits per heavy atom. The van der Waals surface area contributed by atoms with E-state index in [1.807, 2.05) is 18.2 Å². The maximum absolute atomic E-state index is 9.05. The van der Waals surface area contributed by atoms with Crippen LogP contribution in [0.3, 0.4) is 0 Å². The molecule has 0 saturated carbocycles. The summed E-state index contributed by atoms with van der Waals surface area (Å²) in [4.78, 5) is 0. The second kappa shape index (κ2) is 5.74. The summed E-state index contributed by atoms with van der Waals surface area (Å²) in [5.41, 5.74) is 7.56. The highest BCUT2D eigenvalue weighted by atomic mass is 16.5. The van der Waals surface area contributed by atoms with Gasteiger partial charge < -0.3 is 4.74 Å². The van der Waals surface area contributed by atoms with Gasteiger partial charge in [0.05, 0.1) is 11.6 Å². The summed E-state index contributed by atoms with van der Waals surface area (Å²) in [5, 5.41) is 9.05. The van der Waals surface area contributed by atoms with Crippen LogP contribution in [0.1, 0.15) is 68.4 Å². The molecule has 0 radical (unpaired) electrons. The third kappa shape index (κ3) is 2.72. The Morgan fingerprint density at radius 1 is 0.962 bits per heavy atom. The van der Waals surface area contributed by atoms with Crippen LogP contribution < -0.4 is 4.74 Å². The van der Waals surface area contributed by atoms with Crippen LogP contribution in [0.15, 0.2) is 36.4 Å². The molecule has 26 heavy (non-hydrogen) atoms. The molecule has 2 aromatic carbocycles. The van der Waals surface area contributed by atoms with Crippen LogP contribution in [0.4, 0.5) is 0 Å². The molecule has 132 valence electrons. The molecular weight excluding hydrogens is 318 g/mol. The zero-order valence-corrected chi connectivity index (χ0v) is 16.0. The van der Waals surface area contributed by atoms with E-state index in [1.54, 1.807) is 0 Å². The van der Waals surface area contributed by atoms with Gasteiger partial charge in [-0.25, -0.2) is 0 Å². The van der Waals surface area contributed by atoms with Crippen LogP contribution in [-0.2, 0) is 10.8 Å². The monoisotopic (exact) mass is 343 g/mol. The van der Waals surface area contributed by atoms with Crippen molar-refractivity contribution in [3.05, 3.63) is 64.2 Å². The predicted octanol–water partition coefficient (Wildman–Crippen LogP) is 5.84. The second-order valence-electron chi connectivity index (χ2n) is 8.85. The van der Waals surface area contributed by atoms with Gasteiger partial charge in [-0.3, -0.25) is 0 Å². The van der Waals surface area contributed by atoms with Crippen molar-refractivity contribution in [1.82, 2.24) is 0 Å². The van der Waals surface area contributed by atoms with Crippen molar-refractivity contribution in [2.24, 2.45) is 0 Å². The quantitative estimate of drug-likeness (QED) is 0.651. The SMILES string of the molecule is CC1(C)CCC(C)(C)c2cc(C=C3COc4cc(C#N)ccc43)ccc21. The number of benzene rings is 2. The van der Waals surface area contributed by atoms with Crippen LogP contribution >= 0.6 is 0 Å². The van der Waals surface area contributed by atoms with Crippen molar-refractivity contribution >= 4 is 11.6 Å². The molecule has 0 atom stereocenters. The third-order valence-corrected chi connectivity index (χ3v) is 6.06. The van der Waals surface area contributed by atoms with Crippen LogP contribution in [0.25, 0.3) is 11.6 Å². The first-order chi connectivity index (χ1) is 12.3. The van der Waals surface area contributed by atoms with Gasteiger partial charge in [-0.1, -0.05) is 45.9 Å². The van der Waals surface area contributed by atoms with Crippen LogP contribution in [0, 0.1) is 11.3 Å². The molecular formula is C24H25NO. The van der Waals surface area contributed by atoms with E-state index in [-0.39, 0.29) is 10.8 Å². The topological polar surface area (TPSA) is 33.0 Å². The molecule has 2 heteroatoms. The number of nitriles is 1. The molecule has 0 unspecified atom stereocenters. The summed E-state index contributed by atoms with van der Waals surface area (Å²) >= 11 is 0. The van der Waals surface area contributed by atoms with Gasteiger partial charge in [0.2, 0.25) is 0 Å². The van der Waals surface area contributed by atoms with Gasteiger partial charge in [0, 0.05) is 11.1 Å². The summed E-state index contributed by atoms with van der Waals surface area (Å²) in [7, 11) is 0.